The van der Waals surface area contributed by atoms with Gasteiger partial charge in [-0.25, -0.2) is 0 Å². The second-order valence-corrected chi connectivity index (χ2v) is 10.4. The highest BCUT2D eigenvalue weighted by atomic mass is 28.4. The van der Waals surface area contributed by atoms with Crippen molar-refractivity contribution in [2.75, 3.05) is 33.0 Å². The van der Waals surface area contributed by atoms with Crippen LogP contribution < -0.4 is 0 Å². The molecule has 0 aromatic heterocycles. The molecule has 0 spiro atoms. The topological polar surface area (TPSA) is 63.2 Å². The summed E-state index contributed by atoms with van der Waals surface area (Å²) < 4.78 is 27.8. The molecule has 0 saturated heterocycles. The number of hydrogen-bond donors (Lipinski definition) is 0. The summed E-state index contributed by atoms with van der Waals surface area (Å²) in [6.07, 6.45) is 21.3. The summed E-state index contributed by atoms with van der Waals surface area (Å²) in [5.74, 6) is -0.173. The van der Waals surface area contributed by atoms with E-state index in [9.17, 15) is 4.79 Å². The SMILES string of the molecule is CCCCCCCC/C=C\CCCCCCCC(=O)OCCO[Si](OCC)(OCC)OCC. The largest absolute Gasteiger partial charge is 0.679 e. The minimum atomic E-state index is -3.13. The Bertz CT molecular complexity index is 441. The normalized spacial score (nSPS) is 12.0. The molecule has 196 valence electrons. The molecule has 0 atom stereocenters. The van der Waals surface area contributed by atoms with Gasteiger partial charge in [0.2, 0.25) is 0 Å². The van der Waals surface area contributed by atoms with Crippen LogP contribution in [-0.2, 0) is 27.2 Å². The second-order valence-electron chi connectivity index (χ2n) is 8.20. The summed E-state index contributed by atoms with van der Waals surface area (Å²) in [5.41, 5.74) is 0. The van der Waals surface area contributed by atoms with E-state index >= 15 is 0 Å². The molecule has 0 amide bonds. The van der Waals surface area contributed by atoms with E-state index in [4.69, 9.17) is 22.4 Å². The van der Waals surface area contributed by atoms with E-state index in [0.717, 1.165) is 12.8 Å². The molecule has 0 aromatic rings. The fraction of sp³-hybridized carbons (Fsp3) is 0.885. The highest BCUT2D eigenvalue weighted by molar-refractivity contribution is 6.53. The Morgan fingerprint density at radius 2 is 1.09 bits per heavy atom. The van der Waals surface area contributed by atoms with Crippen LogP contribution in [0.3, 0.4) is 0 Å². The van der Waals surface area contributed by atoms with Crippen molar-refractivity contribution in [2.24, 2.45) is 0 Å². The van der Waals surface area contributed by atoms with E-state index in [1.54, 1.807) is 0 Å². The van der Waals surface area contributed by atoms with Gasteiger partial charge in [-0.2, -0.15) is 0 Å². The molecule has 0 aromatic carbocycles. The molecule has 0 fully saturated rings. The molecule has 7 heteroatoms. The summed E-state index contributed by atoms with van der Waals surface area (Å²) in [7, 11) is -3.13. The van der Waals surface area contributed by atoms with Gasteiger partial charge in [-0.05, 0) is 52.9 Å². The Balaban J connectivity index is 3.61. The van der Waals surface area contributed by atoms with Gasteiger partial charge in [0.25, 0.3) is 0 Å². The van der Waals surface area contributed by atoms with Crippen LogP contribution in [-0.4, -0.2) is 48.1 Å². The van der Waals surface area contributed by atoms with Crippen molar-refractivity contribution in [1.29, 1.82) is 0 Å². The first-order chi connectivity index (χ1) is 16.1. The maximum absolute atomic E-state index is 11.9. The Morgan fingerprint density at radius 1 is 0.606 bits per heavy atom. The van der Waals surface area contributed by atoms with E-state index in [-0.39, 0.29) is 19.2 Å². The van der Waals surface area contributed by atoms with Gasteiger partial charge in [-0.15, -0.1) is 0 Å². The fourth-order valence-electron chi connectivity index (χ4n) is 3.51. The van der Waals surface area contributed by atoms with Gasteiger partial charge in [0.05, 0.1) is 6.61 Å². The lowest BCUT2D eigenvalue weighted by atomic mass is 10.1. The predicted octanol–water partition coefficient (Wildman–Crippen LogP) is 7.13. The summed E-state index contributed by atoms with van der Waals surface area (Å²) in [5, 5.41) is 0. The van der Waals surface area contributed by atoms with Gasteiger partial charge in [0.1, 0.15) is 6.61 Å². The van der Waals surface area contributed by atoms with Gasteiger partial charge < -0.3 is 22.4 Å². The average molecular weight is 489 g/mol. The molecule has 0 radical (unpaired) electrons. The number of unbranched alkanes of at least 4 members (excludes halogenated alkanes) is 11. The standard InChI is InChI=1S/C26H52O6Si/c1-5-9-10-11-12-13-14-15-16-17-18-19-20-21-22-23-26(27)28-24-25-32-33(29-6-2,30-7-3)31-8-4/h15-16H,5-14,17-25H2,1-4H3/b16-15-. The maximum Gasteiger partial charge on any atom is 0.679 e. The molecular formula is C26H52O6Si. The van der Waals surface area contributed by atoms with Gasteiger partial charge >= 0.3 is 15.0 Å². The zero-order valence-corrected chi connectivity index (χ0v) is 23.0. The smallest absolute Gasteiger partial charge is 0.463 e. The van der Waals surface area contributed by atoms with Crippen LogP contribution in [0.4, 0.5) is 0 Å². The maximum atomic E-state index is 11.9. The molecule has 0 N–H and O–H groups in total. The first kappa shape index (κ1) is 32.3. The Kier molecular flexibility index (Phi) is 23.9. The second kappa shape index (κ2) is 24.4. The van der Waals surface area contributed by atoms with Crippen LogP contribution in [0.25, 0.3) is 0 Å². The van der Waals surface area contributed by atoms with Crippen molar-refractivity contribution in [3.63, 3.8) is 0 Å². The molecule has 0 aliphatic heterocycles. The molecule has 0 aliphatic carbocycles. The summed E-state index contributed by atoms with van der Waals surface area (Å²) in [6.45, 7) is 9.62. The van der Waals surface area contributed by atoms with Crippen LogP contribution in [0.1, 0.15) is 118 Å². The minimum Gasteiger partial charge on any atom is -0.463 e. The van der Waals surface area contributed by atoms with Crippen LogP contribution in [0, 0.1) is 0 Å². The molecular weight excluding hydrogens is 436 g/mol. The highest BCUT2D eigenvalue weighted by Crippen LogP contribution is 2.13. The van der Waals surface area contributed by atoms with Crippen LogP contribution in [0.15, 0.2) is 12.2 Å². The Hall–Kier alpha value is -0.733. The highest BCUT2D eigenvalue weighted by Gasteiger charge is 2.44. The molecule has 6 nitrogen and oxygen atoms in total. The van der Waals surface area contributed by atoms with Gasteiger partial charge in [-0.3, -0.25) is 4.79 Å². The lowest BCUT2D eigenvalue weighted by Gasteiger charge is -2.26. The first-order valence-electron chi connectivity index (χ1n) is 13.5. The third kappa shape index (κ3) is 20.4. The Morgan fingerprint density at radius 3 is 1.61 bits per heavy atom. The molecule has 0 aliphatic rings. The van der Waals surface area contributed by atoms with E-state index in [1.165, 1.54) is 70.6 Å². The quantitative estimate of drug-likeness (QED) is 0.0589. The molecule has 33 heavy (non-hydrogen) atoms. The van der Waals surface area contributed by atoms with E-state index in [1.807, 2.05) is 20.8 Å². The van der Waals surface area contributed by atoms with Gasteiger partial charge in [0.15, 0.2) is 0 Å². The van der Waals surface area contributed by atoms with Crippen LogP contribution in [0.2, 0.25) is 0 Å². The first-order valence-corrected chi connectivity index (χ1v) is 15.1. The monoisotopic (exact) mass is 488 g/mol. The molecule has 0 heterocycles. The van der Waals surface area contributed by atoms with Gasteiger partial charge in [-0.1, -0.05) is 70.4 Å². The fourth-order valence-corrected chi connectivity index (χ4v) is 5.41. The van der Waals surface area contributed by atoms with Crippen molar-refractivity contribution in [3.05, 3.63) is 12.2 Å². The molecule has 0 saturated carbocycles. The van der Waals surface area contributed by atoms with Crippen molar-refractivity contribution >= 4 is 15.0 Å². The average Bonchev–Trinajstić information content (AvgIpc) is 2.80. The molecule has 0 unspecified atom stereocenters. The van der Waals surface area contributed by atoms with Gasteiger partial charge in [0, 0.05) is 26.2 Å². The summed E-state index contributed by atoms with van der Waals surface area (Å²) in [6, 6.07) is 0. The Labute approximate surface area is 205 Å². The number of rotatable bonds is 25. The van der Waals surface area contributed by atoms with E-state index < -0.39 is 9.05 Å². The van der Waals surface area contributed by atoms with Crippen molar-refractivity contribution < 1.29 is 27.2 Å². The number of allylic oxidation sites excluding steroid dienone is 2. The number of ether oxygens (including phenoxy) is 1. The predicted molar refractivity (Wildman–Crippen MR) is 137 cm³/mol. The lowest BCUT2D eigenvalue weighted by Crippen LogP contribution is -2.50. The zero-order valence-electron chi connectivity index (χ0n) is 22.0. The third-order valence-corrected chi connectivity index (χ3v) is 7.72. The lowest BCUT2D eigenvalue weighted by molar-refractivity contribution is -0.145. The van der Waals surface area contributed by atoms with Crippen molar-refractivity contribution in [1.82, 2.24) is 0 Å². The molecule has 0 bridgehead atoms. The van der Waals surface area contributed by atoms with Crippen LogP contribution >= 0.6 is 0 Å². The minimum absolute atomic E-state index is 0.173. The van der Waals surface area contributed by atoms with Crippen molar-refractivity contribution in [2.45, 2.75) is 118 Å². The van der Waals surface area contributed by atoms with Crippen molar-refractivity contribution in [3.8, 4) is 0 Å². The number of carbonyl (C=O) groups excluding carboxylic acids is 1. The third-order valence-electron chi connectivity index (χ3n) is 5.23. The summed E-state index contributed by atoms with van der Waals surface area (Å²) >= 11 is 0. The zero-order chi connectivity index (χ0) is 24.5. The number of hydrogen-bond acceptors (Lipinski definition) is 6. The van der Waals surface area contributed by atoms with E-state index in [0.29, 0.717) is 26.2 Å². The number of esters is 1. The van der Waals surface area contributed by atoms with Crippen LogP contribution in [0.5, 0.6) is 0 Å². The summed E-state index contributed by atoms with van der Waals surface area (Å²) in [4.78, 5) is 11.9. The molecule has 0 rings (SSSR count). The number of carbonyl (C=O) groups is 1. The van der Waals surface area contributed by atoms with E-state index in [2.05, 4.69) is 19.1 Å².